The Labute approximate surface area is 598 Å². The third-order valence-corrected chi connectivity index (χ3v) is 34.8. The van der Waals surface area contributed by atoms with Gasteiger partial charge in [-0.05, 0) is 377 Å². The molecule has 0 aromatic heterocycles. The van der Waals surface area contributed by atoms with E-state index in [4.69, 9.17) is 0 Å². The molecule has 21 saturated carbocycles. The molecule has 1 spiro atoms. The van der Waals surface area contributed by atoms with Crippen molar-refractivity contribution in [1.82, 2.24) is 0 Å². The van der Waals surface area contributed by atoms with Crippen LogP contribution in [0.5, 0.6) is 0 Å². The molecule has 0 amide bonds. The third-order valence-electron chi connectivity index (χ3n) is 34.8. The van der Waals surface area contributed by atoms with Gasteiger partial charge in [0.2, 0.25) is 0 Å². The Morgan fingerprint density at radius 3 is 1.28 bits per heavy atom. The van der Waals surface area contributed by atoms with E-state index in [9.17, 15) is 0 Å². The van der Waals surface area contributed by atoms with Crippen molar-refractivity contribution >= 4 is 0 Å². The highest BCUT2D eigenvalue weighted by Crippen LogP contribution is 2.73. The zero-order valence-corrected chi connectivity index (χ0v) is 69.8. The van der Waals surface area contributed by atoms with E-state index in [0.29, 0.717) is 32.5 Å². The van der Waals surface area contributed by atoms with Crippen molar-refractivity contribution in [2.75, 3.05) is 0 Å². The van der Waals surface area contributed by atoms with Crippen LogP contribution in [0.3, 0.4) is 0 Å². The van der Waals surface area contributed by atoms with Gasteiger partial charge in [0.15, 0.2) is 0 Å². The van der Waals surface area contributed by atoms with Crippen LogP contribution in [0.2, 0.25) is 0 Å². The monoisotopic (exact) mass is 1320 g/mol. The van der Waals surface area contributed by atoms with Gasteiger partial charge in [-0.1, -0.05) is 225 Å². The summed E-state index contributed by atoms with van der Waals surface area (Å²) in [6.45, 7) is 60.3. The van der Waals surface area contributed by atoms with Gasteiger partial charge in [-0.3, -0.25) is 0 Å². The summed E-state index contributed by atoms with van der Waals surface area (Å²) in [5, 5.41) is 0. The Bertz CT molecular complexity index is 2260. The van der Waals surface area contributed by atoms with Crippen LogP contribution in [-0.2, 0) is 0 Å². The minimum Gasteiger partial charge on any atom is -0.0683 e. The van der Waals surface area contributed by atoms with Crippen LogP contribution in [0.1, 0.15) is 405 Å². The van der Waals surface area contributed by atoms with Gasteiger partial charge in [0.25, 0.3) is 0 Å². The second kappa shape index (κ2) is 31.4. The van der Waals surface area contributed by atoms with Gasteiger partial charge >= 0.3 is 0 Å². The van der Waals surface area contributed by atoms with Gasteiger partial charge in [-0.25, -0.2) is 0 Å². The van der Waals surface area contributed by atoms with Crippen LogP contribution < -0.4 is 0 Å². The highest BCUT2D eigenvalue weighted by Gasteiger charge is 2.65. The fraction of sp³-hybridized carbons (Fsp3) is 1.00. The van der Waals surface area contributed by atoms with Crippen molar-refractivity contribution in [3.8, 4) is 0 Å². The summed E-state index contributed by atoms with van der Waals surface area (Å²) >= 11 is 0. The first-order valence-electron chi connectivity index (χ1n) is 44.8. The zero-order valence-electron chi connectivity index (χ0n) is 69.8. The van der Waals surface area contributed by atoms with Gasteiger partial charge in [-0.2, -0.15) is 0 Å². The molecule has 21 aliphatic rings. The maximum atomic E-state index is 2.54. The average Bonchev–Trinajstić information content (AvgIpc) is 1.15. The van der Waals surface area contributed by atoms with E-state index >= 15 is 0 Å². The lowest BCUT2D eigenvalue weighted by Crippen LogP contribution is -2.49. The van der Waals surface area contributed by atoms with Crippen LogP contribution in [0.25, 0.3) is 0 Å². The maximum absolute atomic E-state index is 2.54. The SMILES string of the molecule is CC.CC.CC.CC.CC(C)(C)C1CC23CCCC2CC1C3.CC(C)(C)C1CC2CC1C1CCCCC21.CC(C)(C)C1CC2CCC1C2.CC(C)(C)C1CCCCC1.CC1(C)C2CC3CC(C2)C1C3.CC1(C)C2CC3CC(C2)CC1C3.CC1(C)CC2CC1C1C3CCC(C3)C21. The van der Waals surface area contributed by atoms with E-state index < -0.39 is 0 Å². The number of hydrogen-bond donors (Lipinski definition) is 0. The van der Waals surface area contributed by atoms with E-state index in [2.05, 4.69) is 125 Å². The molecule has 0 aromatic carbocycles. The van der Waals surface area contributed by atoms with Crippen LogP contribution in [-0.4, -0.2) is 0 Å². The van der Waals surface area contributed by atoms with Crippen molar-refractivity contribution in [3.05, 3.63) is 0 Å². The molecular weight excluding hydrogens is 1140 g/mol. The van der Waals surface area contributed by atoms with Gasteiger partial charge in [0.05, 0.1) is 0 Å². The number of fused-ring (bicyclic) bond motifs is 17. The lowest BCUT2D eigenvalue weighted by atomic mass is 9.46. The predicted molar refractivity (Wildman–Crippen MR) is 419 cm³/mol. The summed E-state index contributed by atoms with van der Waals surface area (Å²) in [4.78, 5) is 0. The topological polar surface area (TPSA) is 0 Å². The summed E-state index contributed by atoms with van der Waals surface area (Å²) in [5.41, 5.74) is 5.27. The van der Waals surface area contributed by atoms with Gasteiger partial charge in [0.1, 0.15) is 0 Å². The van der Waals surface area contributed by atoms with Crippen molar-refractivity contribution in [2.45, 2.75) is 405 Å². The first kappa shape index (κ1) is 79.1. The molecule has 21 rings (SSSR count). The van der Waals surface area contributed by atoms with Gasteiger partial charge in [-0.15, -0.1) is 0 Å². The third kappa shape index (κ3) is 16.6. The summed E-state index contributed by atoms with van der Waals surface area (Å²) in [6, 6.07) is 0. The van der Waals surface area contributed by atoms with Crippen LogP contribution >= 0.6 is 0 Å². The average molecular weight is 1320 g/mol. The van der Waals surface area contributed by atoms with Crippen molar-refractivity contribution in [3.63, 3.8) is 0 Å². The molecule has 18 bridgehead atoms. The molecular formula is C95H174. The van der Waals surface area contributed by atoms with Crippen molar-refractivity contribution < 1.29 is 0 Å². The standard InChI is InChI=1S/C15H26.C14H22.C14H24.C12H20.C11H18.C11H20.C10H20.4C2H6/c1-15(2,3)14-9-10-8-13(14)12-7-5-4-6-11(10)12;1-14(2)7-10-6-11(14)13-9-4-3-8(5-9)12(10)13;1-13(2,3)12-9-14-6-4-5-11(14)7-10(12)8-14;1-12(2)10-4-8-3-9(6-10)7-11(12)5-8;1-11(2)9-4-7-3-8(6-9)10(11)5-7;1-11(2,3)10-7-8-4-5-9(10)6-8;1-10(2,3)9-7-5-4-6-8-9;4*1-2/h10-14H,4-9H2,1-3H3;8-13H,3-7H2,1-2H3;10-12H,4-9H2,1-3H3;8-11H,3-7H2,1-2H3;7-10H,3-6H2,1-2H3;8-10H,4-7H2,1-3H3;9H,4-8H2,1-3H3;4*1-2H3. The minimum absolute atomic E-state index is 0.570. The second-order valence-electron chi connectivity index (χ2n) is 44.3. The fourth-order valence-electron chi connectivity index (χ4n) is 30.6. The van der Waals surface area contributed by atoms with E-state index in [1.165, 1.54) is 94.3 Å². The number of hydrogen-bond acceptors (Lipinski definition) is 0. The van der Waals surface area contributed by atoms with Crippen molar-refractivity contribution in [2.24, 2.45) is 197 Å². The molecule has 0 N–H and O–H groups in total. The van der Waals surface area contributed by atoms with Crippen LogP contribution in [0.4, 0.5) is 0 Å². The van der Waals surface area contributed by atoms with Crippen LogP contribution in [0, 0.1) is 197 Å². The smallest absolute Gasteiger partial charge is 0.0263 e. The van der Waals surface area contributed by atoms with Crippen LogP contribution in [0.15, 0.2) is 0 Å². The largest absolute Gasteiger partial charge is 0.0683 e. The molecule has 22 atom stereocenters. The van der Waals surface area contributed by atoms with Crippen molar-refractivity contribution in [1.29, 1.82) is 0 Å². The maximum Gasteiger partial charge on any atom is -0.0263 e. The molecule has 0 saturated heterocycles. The second-order valence-corrected chi connectivity index (χ2v) is 44.3. The summed E-state index contributed by atoms with van der Waals surface area (Å²) < 4.78 is 0. The Morgan fingerprint density at radius 2 is 0.779 bits per heavy atom. The van der Waals surface area contributed by atoms with E-state index in [1.807, 2.05) is 55.4 Å². The molecule has 21 fully saturated rings. The highest BCUT2D eigenvalue weighted by atomic mass is 14.7. The van der Waals surface area contributed by atoms with Gasteiger partial charge < -0.3 is 0 Å². The lowest BCUT2D eigenvalue weighted by Gasteiger charge is -2.59. The Kier molecular flexibility index (Phi) is 26.1. The Balaban J connectivity index is 0.000000128. The molecule has 21 aliphatic carbocycles. The zero-order chi connectivity index (χ0) is 69.8. The van der Waals surface area contributed by atoms with E-state index in [0.717, 1.165) is 141 Å². The fourth-order valence-corrected chi connectivity index (χ4v) is 30.6. The molecule has 0 aromatic rings. The minimum atomic E-state index is 0.570. The number of rotatable bonds is 0. The summed E-state index contributed by atoms with van der Waals surface area (Å²) in [6.07, 6.45) is 54.5. The van der Waals surface area contributed by atoms with E-state index in [1.54, 1.807) is 154 Å². The highest BCUT2D eigenvalue weighted by molar-refractivity contribution is 5.14. The predicted octanol–water partition coefficient (Wildman–Crippen LogP) is 30.2. The Morgan fingerprint density at radius 1 is 0.263 bits per heavy atom. The molecule has 0 aliphatic heterocycles. The lowest BCUT2D eigenvalue weighted by molar-refractivity contribution is -0.0876. The first-order valence-corrected chi connectivity index (χ1v) is 44.8. The quantitative estimate of drug-likeness (QED) is 0.212. The molecule has 22 unspecified atom stereocenters. The molecule has 0 heteroatoms. The molecule has 0 nitrogen and oxygen atoms in total. The molecule has 95 heavy (non-hydrogen) atoms. The molecule has 554 valence electrons. The normalized spacial score (nSPS) is 45.7. The molecule has 0 heterocycles. The Hall–Kier alpha value is 0. The summed E-state index contributed by atoms with van der Waals surface area (Å²) in [7, 11) is 0. The molecule has 0 radical (unpaired) electrons. The van der Waals surface area contributed by atoms with Gasteiger partial charge in [0, 0.05) is 0 Å². The summed E-state index contributed by atoms with van der Waals surface area (Å²) in [5.74, 6) is 29.1. The first-order chi connectivity index (χ1) is 44.8. The van der Waals surface area contributed by atoms with E-state index in [-0.39, 0.29) is 0 Å².